The Morgan fingerprint density at radius 3 is 2.26 bits per heavy atom. The van der Waals surface area contributed by atoms with Gasteiger partial charge in [-0.15, -0.1) is 0 Å². The Hall–Kier alpha value is -2.46. The van der Waals surface area contributed by atoms with Gasteiger partial charge in [-0.05, 0) is 74.2 Å². The summed E-state index contributed by atoms with van der Waals surface area (Å²) >= 11 is 0. The van der Waals surface area contributed by atoms with Crippen molar-refractivity contribution in [1.29, 1.82) is 0 Å². The van der Waals surface area contributed by atoms with E-state index in [1.165, 1.54) is 42.8 Å². The molecule has 0 aliphatic carbocycles. The van der Waals surface area contributed by atoms with E-state index in [9.17, 15) is 13.2 Å². The Morgan fingerprint density at radius 1 is 1.06 bits per heavy atom. The number of ether oxygens (including phenoxy) is 2. The Balaban J connectivity index is 1.39. The molecule has 1 heterocycles. The van der Waals surface area contributed by atoms with Crippen molar-refractivity contribution in [3.8, 4) is 5.75 Å². The number of carbonyl (C=O) groups is 1. The summed E-state index contributed by atoms with van der Waals surface area (Å²) in [7, 11) is -0.631. The minimum Gasteiger partial charge on any atom is -0.497 e. The molecule has 0 spiro atoms. The van der Waals surface area contributed by atoms with Crippen LogP contribution in [0, 0.1) is 13.8 Å². The summed E-state index contributed by atoms with van der Waals surface area (Å²) in [5, 5.41) is 2.84. The Kier molecular flexibility index (Phi) is 9.68. The number of benzene rings is 2. The van der Waals surface area contributed by atoms with Gasteiger partial charge in [0.1, 0.15) is 12.4 Å². The molecule has 0 bridgehead atoms. The van der Waals surface area contributed by atoms with Gasteiger partial charge in [-0.2, -0.15) is 4.31 Å². The van der Waals surface area contributed by atoms with Crippen LogP contribution in [0.3, 0.4) is 0 Å². The number of hydrogen-bond acceptors (Lipinski definition) is 6. The third kappa shape index (κ3) is 7.51. The smallest absolute Gasteiger partial charge is 0.246 e. The maximum Gasteiger partial charge on any atom is 0.246 e. The molecule has 1 aliphatic heterocycles. The fourth-order valence-electron chi connectivity index (χ4n) is 4.28. The number of sulfonamides is 1. The molecule has 1 aliphatic rings. The zero-order valence-corrected chi connectivity index (χ0v) is 22.0. The minimum absolute atomic E-state index is 0.114. The van der Waals surface area contributed by atoms with Crippen molar-refractivity contribution in [2.75, 3.05) is 47.0 Å². The quantitative estimate of drug-likeness (QED) is 0.448. The SMILES string of the molecule is COc1cc(C)c(S(=O)(=O)N(C)CCOCC(=O)NCc2ccc(CN3CCCC3)cc2)c(C)c1. The van der Waals surface area contributed by atoms with Gasteiger partial charge in [0.05, 0.1) is 18.6 Å². The van der Waals surface area contributed by atoms with Crippen LogP contribution in [0.4, 0.5) is 0 Å². The van der Waals surface area contributed by atoms with Crippen molar-refractivity contribution in [2.24, 2.45) is 0 Å². The number of carbonyl (C=O) groups excluding carboxylic acids is 1. The van der Waals surface area contributed by atoms with Crippen molar-refractivity contribution in [3.05, 3.63) is 58.7 Å². The lowest BCUT2D eigenvalue weighted by Crippen LogP contribution is -2.33. The average Bonchev–Trinajstić information content (AvgIpc) is 3.33. The lowest BCUT2D eigenvalue weighted by molar-refractivity contribution is -0.125. The molecule has 3 rings (SSSR count). The highest BCUT2D eigenvalue weighted by atomic mass is 32.2. The molecule has 1 saturated heterocycles. The summed E-state index contributed by atoms with van der Waals surface area (Å²) in [5.41, 5.74) is 3.56. The van der Waals surface area contributed by atoms with Crippen LogP contribution < -0.4 is 10.1 Å². The van der Waals surface area contributed by atoms with Gasteiger partial charge in [-0.25, -0.2) is 8.42 Å². The Labute approximate surface area is 209 Å². The van der Waals surface area contributed by atoms with Crippen LogP contribution in [-0.4, -0.2) is 70.5 Å². The summed E-state index contributed by atoms with van der Waals surface area (Å²) in [5.74, 6) is 0.382. The third-order valence-electron chi connectivity index (χ3n) is 6.24. The number of hydrogen-bond donors (Lipinski definition) is 1. The zero-order valence-electron chi connectivity index (χ0n) is 21.2. The maximum absolute atomic E-state index is 13.0. The van der Waals surface area contributed by atoms with E-state index < -0.39 is 10.0 Å². The van der Waals surface area contributed by atoms with Crippen LogP contribution in [0.2, 0.25) is 0 Å². The average molecular weight is 504 g/mol. The fourth-order valence-corrected chi connectivity index (χ4v) is 5.84. The van der Waals surface area contributed by atoms with Crippen LogP contribution in [0.25, 0.3) is 0 Å². The molecular formula is C26H37N3O5S. The number of rotatable bonds is 12. The number of methoxy groups -OCH3 is 1. The number of amides is 1. The molecular weight excluding hydrogens is 466 g/mol. The summed E-state index contributed by atoms with van der Waals surface area (Å²) in [6.07, 6.45) is 2.56. The molecule has 2 aromatic carbocycles. The van der Waals surface area contributed by atoms with E-state index in [-0.39, 0.29) is 30.6 Å². The van der Waals surface area contributed by atoms with Crippen LogP contribution in [-0.2, 0) is 32.6 Å². The number of aryl methyl sites for hydroxylation is 2. The molecule has 8 nitrogen and oxygen atoms in total. The van der Waals surface area contributed by atoms with Crippen molar-refractivity contribution >= 4 is 15.9 Å². The first-order valence-corrected chi connectivity index (χ1v) is 13.4. The monoisotopic (exact) mass is 503 g/mol. The Bertz CT molecular complexity index is 1070. The standard InChI is InChI=1S/C26H37N3O5S/c1-20-15-24(33-4)16-21(2)26(20)35(31,32)28(3)13-14-34-19-25(30)27-17-22-7-9-23(10-8-22)18-29-11-5-6-12-29/h7-10,15-16H,5-6,11-14,17-19H2,1-4H3,(H,27,30). The molecule has 35 heavy (non-hydrogen) atoms. The van der Waals surface area contributed by atoms with E-state index in [0.717, 1.165) is 12.1 Å². The molecule has 0 unspecified atom stereocenters. The second-order valence-corrected chi connectivity index (χ2v) is 11.0. The number of nitrogens with one attached hydrogen (secondary N) is 1. The van der Waals surface area contributed by atoms with Crippen LogP contribution in [0.1, 0.15) is 35.1 Å². The predicted molar refractivity (Wildman–Crippen MR) is 136 cm³/mol. The molecule has 9 heteroatoms. The largest absolute Gasteiger partial charge is 0.497 e. The van der Waals surface area contributed by atoms with Gasteiger partial charge < -0.3 is 14.8 Å². The van der Waals surface area contributed by atoms with Gasteiger partial charge in [0.15, 0.2) is 0 Å². The van der Waals surface area contributed by atoms with Crippen LogP contribution >= 0.6 is 0 Å². The first-order valence-electron chi connectivity index (χ1n) is 12.0. The van der Waals surface area contributed by atoms with E-state index in [1.54, 1.807) is 33.1 Å². The third-order valence-corrected chi connectivity index (χ3v) is 8.40. The van der Waals surface area contributed by atoms with Crippen molar-refractivity contribution in [1.82, 2.24) is 14.5 Å². The summed E-state index contributed by atoms with van der Waals surface area (Å²) in [4.78, 5) is 14.9. The lowest BCUT2D eigenvalue weighted by Gasteiger charge is -2.20. The van der Waals surface area contributed by atoms with Crippen molar-refractivity contribution in [2.45, 2.75) is 44.7 Å². The molecule has 0 saturated carbocycles. The van der Waals surface area contributed by atoms with Gasteiger partial charge in [-0.1, -0.05) is 24.3 Å². The van der Waals surface area contributed by atoms with E-state index in [1.807, 2.05) is 12.1 Å². The molecule has 1 N–H and O–H groups in total. The topological polar surface area (TPSA) is 88.2 Å². The Morgan fingerprint density at radius 2 is 1.66 bits per heavy atom. The normalized spacial score (nSPS) is 14.4. The molecule has 1 fully saturated rings. The van der Waals surface area contributed by atoms with Crippen molar-refractivity contribution in [3.63, 3.8) is 0 Å². The predicted octanol–water partition coefficient (Wildman–Crippen LogP) is 2.86. The highest BCUT2D eigenvalue weighted by Crippen LogP contribution is 2.27. The molecule has 2 aromatic rings. The highest BCUT2D eigenvalue weighted by Gasteiger charge is 2.25. The summed E-state index contributed by atoms with van der Waals surface area (Å²) < 4.78 is 38.0. The molecule has 0 aromatic heterocycles. The second kappa shape index (κ2) is 12.5. The summed E-state index contributed by atoms with van der Waals surface area (Å²) in [6.45, 7) is 7.36. The van der Waals surface area contributed by atoms with Gasteiger partial charge in [0, 0.05) is 26.7 Å². The second-order valence-electron chi connectivity index (χ2n) is 9.05. The first kappa shape index (κ1) is 27.1. The van der Waals surface area contributed by atoms with E-state index >= 15 is 0 Å². The molecule has 0 radical (unpaired) electrons. The van der Waals surface area contributed by atoms with E-state index in [4.69, 9.17) is 9.47 Å². The van der Waals surface area contributed by atoms with Crippen LogP contribution in [0.5, 0.6) is 5.75 Å². The number of nitrogens with zero attached hydrogens (tertiary/aromatic N) is 2. The first-order chi connectivity index (χ1) is 16.7. The lowest BCUT2D eigenvalue weighted by atomic mass is 10.1. The summed E-state index contributed by atoms with van der Waals surface area (Å²) in [6, 6.07) is 11.7. The van der Waals surface area contributed by atoms with Crippen molar-refractivity contribution < 1.29 is 22.7 Å². The zero-order chi connectivity index (χ0) is 25.4. The van der Waals surface area contributed by atoms with Gasteiger partial charge in [0.25, 0.3) is 0 Å². The maximum atomic E-state index is 13.0. The molecule has 192 valence electrons. The van der Waals surface area contributed by atoms with E-state index in [0.29, 0.717) is 23.4 Å². The molecule has 0 atom stereocenters. The van der Waals surface area contributed by atoms with Gasteiger partial charge in [-0.3, -0.25) is 9.69 Å². The van der Waals surface area contributed by atoms with Crippen LogP contribution in [0.15, 0.2) is 41.3 Å². The number of likely N-dealkylation sites (tertiary alicyclic amines) is 1. The fraction of sp³-hybridized carbons (Fsp3) is 0.500. The minimum atomic E-state index is -3.69. The van der Waals surface area contributed by atoms with Gasteiger partial charge in [0.2, 0.25) is 15.9 Å². The van der Waals surface area contributed by atoms with E-state index in [2.05, 4.69) is 22.3 Å². The highest BCUT2D eigenvalue weighted by molar-refractivity contribution is 7.89. The van der Waals surface area contributed by atoms with Gasteiger partial charge >= 0.3 is 0 Å². The number of likely N-dealkylation sites (N-methyl/N-ethyl adjacent to an activating group) is 1. The molecule has 1 amide bonds.